The molecule has 1 aromatic heterocycles. The van der Waals surface area contributed by atoms with E-state index in [9.17, 15) is 9.59 Å². The zero-order valence-corrected chi connectivity index (χ0v) is 13.1. The third kappa shape index (κ3) is 6.78. The maximum absolute atomic E-state index is 11.7. The molecule has 1 heterocycles. The quantitative estimate of drug-likeness (QED) is 0.682. The van der Waals surface area contributed by atoms with Crippen LogP contribution < -0.4 is 10.6 Å². The first kappa shape index (κ1) is 16.7. The molecular formula is C17H22N4O2. The molecule has 2 amide bonds. The van der Waals surface area contributed by atoms with Gasteiger partial charge in [0.05, 0.1) is 12.7 Å². The van der Waals surface area contributed by atoms with Crippen molar-refractivity contribution in [2.24, 2.45) is 0 Å². The molecule has 0 spiro atoms. The van der Waals surface area contributed by atoms with Crippen molar-refractivity contribution < 1.29 is 9.59 Å². The first-order chi connectivity index (χ1) is 11.2. The summed E-state index contributed by atoms with van der Waals surface area (Å²) < 4.78 is 1.97. The van der Waals surface area contributed by atoms with E-state index in [0.717, 1.165) is 18.5 Å². The number of aryl methyl sites for hydroxylation is 1. The summed E-state index contributed by atoms with van der Waals surface area (Å²) in [6, 6.07) is 9.54. The van der Waals surface area contributed by atoms with Crippen molar-refractivity contribution in [1.29, 1.82) is 0 Å². The van der Waals surface area contributed by atoms with E-state index in [1.807, 2.05) is 41.1 Å². The highest BCUT2D eigenvalue weighted by molar-refractivity contribution is 5.80. The minimum absolute atomic E-state index is 0.0457. The second-order valence-electron chi connectivity index (χ2n) is 5.27. The van der Waals surface area contributed by atoms with Gasteiger partial charge in [-0.25, -0.2) is 4.98 Å². The van der Waals surface area contributed by atoms with Crippen molar-refractivity contribution in [3.8, 4) is 0 Å². The van der Waals surface area contributed by atoms with Crippen molar-refractivity contribution in [3.63, 3.8) is 0 Å². The van der Waals surface area contributed by atoms with Crippen LogP contribution in [0.25, 0.3) is 0 Å². The van der Waals surface area contributed by atoms with Gasteiger partial charge in [-0.1, -0.05) is 30.3 Å². The van der Waals surface area contributed by atoms with E-state index < -0.39 is 0 Å². The van der Waals surface area contributed by atoms with Crippen LogP contribution in [0.4, 0.5) is 0 Å². The molecule has 2 aromatic rings. The number of carbonyl (C=O) groups is 2. The van der Waals surface area contributed by atoms with Crippen molar-refractivity contribution in [3.05, 3.63) is 54.6 Å². The lowest BCUT2D eigenvalue weighted by Crippen LogP contribution is -2.32. The van der Waals surface area contributed by atoms with Gasteiger partial charge in [0, 0.05) is 38.4 Å². The summed E-state index contributed by atoms with van der Waals surface area (Å²) >= 11 is 0. The monoisotopic (exact) mass is 314 g/mol. The fourth-order valence-electron chi connectivity index (χ4n) is 2.16. The minimum Gasteiger partial charge on any atom is -0.356 e. The van der Waals surface area contributed by atoms with Gasteiger partial charge in [0.15, 0.2) is 0 Å². The molecule has 122 valence electrons. The molecule has 2 rings (SSSR count). The van der Waals surface area contributed by atoms with Crippen LogP contribution in [0.1, 0.15) is 18.4 Å². The van der Waals surface area contributed by atoms with E-state index in [1.54, 1.807) is 12.5 Å². The standard InChI is InChI=1S/C17H22N4O2/c22-16(19-8-4-11-21-12-10-18-14-21)7-9-20-17(23)13-15-5-2-1-3-6-15/h1-3,5-6,10,12,14H,4,7-9,11,13H2,(H,19,22)(H,20,23). The molecule has 0 saturated carbocycles. The number of benzene rings is 1. The fraction of sp³-hybridized carbons (Fsp3) is 0.353. The molecule has 0 aliphatic carbocycles. The number of rotatable bonds is 9. The van der Waals surface area contributed by atoms with Crippen LogP contribution >= 0.6 is 0 Å². The molecule has 0 radical (unpaired) electrons. The number of carbonyl (C=O) groups excluding carboxylic acids is 2. The molecule has 6 nitrogen and oxygen atoms in total. The molecule has 1 aromatic carbocycles. The van der Waals surface area contributed by atoms with Gasteiger partial charge in [0.2, 0.25) is 11.8 Å². The van der Waals surface area contributed by atoms with Gasteiger partial charge in [-0.05, 0) is 12.0 Å². The molecule has 6 heteroatoms. The van der Waals surface area contributed by atoms with Crippen LogP contribution in [0, 0.1) is 0 Å². The summed E-state index contributed by atoms with van der Waals surface area (Å²) in [6.45, 7) is 1.81. The van der Waals surface area contributed by atoms with E-state index in [1.165, 1.54) is 0 Å². The lowest BCUT2D eigenvalue weighted by molar-refractivity contribution is -0.122. The summed E-state index contributed by atoms with van der Waals surface area (Å²) in [4.78, 5) is 27.4. The number of amides is 2. The molecule has 2 N–H and O–H groups in total. The number of aromatic nitrogens is 2. The van der Waals surface area contributed by atoms with Crippen LogP contribution in [0.3, 0.4) is 0 Å². The maximum atomic E-state index is 11.7. The topological polar surface area (TPSA) is 76.0 Å². The number of hydrogen-bond donors (Lipinski definition) is 2. The molecule has 0 unspecified atom stereocenters. The molecule has 0 fully saturated rings. The Kier molecular flexibility index (Phi) is 6.84. The smallest absolute Gasteiger partial charge is 0.224 e. The van der Waals surface area contributed by atoms with Gasteiger partial charge in [0.25, 0.3) is 0 Å². The van der Waals surface area contributed by atoms with E-state index in [0.29, 0.717) is 25.9 Å². The highest BCUT2D eigenvalue weighted by Gasteiger charge is 2.05. The van der Waals surface area contributed by atoms with Gasteiger partial charge in [0.1, 0.15) is 0 Å². The van der Waals surface area contributed by atoms with E-state index in [-0.39, 0.29) is 11.8 Å². The minimum atomic E-state index is -0.0656. The predicted molar refractivity (Wildman–Crippen MR) is 87.6 cm³/mol. The first-order valence-corrected chi connectivity index (χ1v) is 7.77. The van der Waals surface area contributed by atoms with Gasteiger partial charge in [-0.15, -0.1) is 0 Å². The zero-order chi connectivity index (χ0) is 16.3. The van der Waals surface area contributed by atoms with Crippen LogP contribution in [-0.4, -0.2) is 34.5 Å². The van der Waals surface area contributed by atoms with Crippen molar-refractivity contribution >= 4 is 11.8 Å². The van der Waals surface area contributed by atoms with Crippen LogP contribution in [0.5, 0.6) is 0 Å². The maximum Gasteiger partial charge on any atom is 0.224 e. The van der Waals surface area contributed by atoms with Crippen molar-refractivity contribution in [1.82, 2.24) is 20.2 Å². The summed E-state index contributed by atoms with van der Waals surface area (Å²) in [7, 11) is 0. The molecule has 0 atom stereocenters. The highest BCUT2D eigenvalue weighted by Crippen LogP contribution is 1.99. The van der Waals surface area contributed by atoms with Gasteiger partial charge < -0.3 is 15.2 Å². The summed E-state index contributed by atoms with van der Waals surface area (Å²) in [5.41, 5.74) is 0.967. The Morgan fingerprint density at radius 2 is 1.83 bits per heavy atom. The van der Waals surface area contributed by atoms with E-state index >= 15 is 0 Å². The van der Waals surface area contributed by atoms with Gasteiger partial charge in [-0.2, -0.15) is 0 Å². The summed E-state index contributed by atoms with van der Waals surface area (Å²) in [5, 5.41) is 5.61. The molecular weight excluding hydrogens is 292 g/mol. The Labute approximate surface area is 135 Å². The number of nitrogens with zero attached hydrogens (tertiary/aromatic N) is 2. The van der Waals surface area contributed by atoms with Crippen LogP contribution in [0.2, 0.25) is 0 Å². The normalized spacial score (nSPS) is 10.3. The Hall–Kier alpha value is -2.63. The first-order valence-electron chi connectivity index (χ1n) is 7.77. The second kappa shape index (κ2) is 9.40. The fourth-order valence-corrected chi connectivity index (χ4v) is 2.16. The second-order valence-corrected chi connectivity index (χ2v) is 5.27. The van der Waals surface area contributed by atoms with Crippen LogP contribution in [0.15, 0.2) is 49.1 Å². The third-order valence-electron chi connectivity index (χ3n) is 3.36. The van der Waals surface area contributed by atoms with E-state index in [2.05, 4.69) is 15.6 Å². The average Bonchev–Trinajstić information content (AvgIpc) is 3.06. The Morgan fingerprint density at radius 1 is 1.04 bits per heavy atom. The molecule has 0 aliphatic heterocycles. The molecule has 0 bridgehead atoms. The molecule has 0 saturated heterocycles. The predicted octanol–water partition coefficient (Wildman–Crippen LogP) is 1.14. The van der Waals surface area contributed by atoms with Crippen LogP contribution in [-0.2, 0) is 22.6 Å². The van der Waals surface area contributed by atoms with Gasteiger partial charge >= 0.3 is 0 Å². The third-order valence-corrected chi connectivity index (χ3v) is 3.36. The molecule has 0 aliphatic rings. The number of nitrogens with one attached hydrogen (secondary N) is 2. The zero-order valence-electron chi connectivity index (χ0n) is 13.1. The van der Waals surface area contributed by atoms with Gasteiger partial charge in [-0.3, -0.25) is 9.59 Å². The number of hydrogen-bond acceptors (Lipinski definition) is 3. The summed E-state index contributed by atoms with van der Waals surface area (Å²) in [6.07, 6.45) is 6.87. The van der Waals surface area contributed by atoms with Crippen molar-refractivity contribution in [2.75, 3.05) is 13.1 Å². The average molecular weight is 314 g/mol. The van der Waals surface area contributed by atoms with Crippen molar-refractivity contribution in [2.45, 2.75) is 25.8 Å². The highest BCUT2D eigenvalue weighted by atomic mass is 16.2. The Balaban J connectivity index is 1.51. The Morgan fingerprint density at radius 3 is 2.57 bits per heavy atom. The lowest BCUT2D eigenvalue weighted by Gasteiger charge is -2.07. The SMILES string of the molecule is O=C(CCNC(=O)Cc1ccccc1)NCCCn1ccnc1. The summed E-state index contributed by atoms with van der Waals surface area (Å²) in [5.74, 6) is -0.111. The van der Waals surface area contributed by atoms with E-state index in [4.69, 9.17) is 0 Å². The number of imidazole rings is 1. The lowest BCUT2D eigenvalue weighted by atomic mass is 10.1. The largest absolute Gasteiger partial charge is 0.356 e. The Bertz CT molecular complexity index is 596. The molecule has 23 heavy (non-hydrogen) atoms.